The van der Waals surface area contributed by atoms with Crippen molar-refractivity contribution < 1.29 is 9.59 Å². The van der Waals surface area contributed by atoms with Crippen LogP contribution in [0.3, 0.4) is 0 Å². The maximum Gasteiger partial charge on any atom is 0.263 e. The number of primary amides is 1. The van der Waals surface area contributed by atoms with Gasteiger partial charge in [-0.1, -0.05) is 60.7 Å². The van der Waals surface area contributed by atoms with Crippen LogP contribution in [0.4, 0.5) is 0 Å². The molecule has 4 aromatic rings. The second-order valence-corrected chi connectivity index (χ2v) is 8.98. The smallest absolute Gasteiger partial charge is 0.263 e. The Kier molecular flexibility index (Phi) is 6.65. The lowest BCUT2D eigenvalue weighted by atomic mass is 10.0. The Labute approximate surface area is 195 Å². The third kappa shape index (κ3) is 5.01. The number of aromatic nitrogens is 2. The van der Waals surface area contributed by atoms with Gasteiger partial charge in [0, 0.05) is 30.0 Å². The van der Waals surface area contributed by atoms with Gasteiger partial charge in [0.25, 0.3) is 5.56 Å². The molecule has 2 aromatic heterocycles. The molecule has 0 aliphatic heterocycles. The van der Waals surface area contributed by atoms with Crippen LogP contribution in [0.5, 0.6) is 0 Å². The lowest BCUT2D eigenvalue weighted by Crippen LogP contribution is -2.38. The summed E-state index contributed by atoms with van der Waals surface area (Å²) in [6.45, 7) is 2.30. The van der Waals surface area contributed by atoms with Crippen LogP contribution in [0.25, 0.3) is 21.3 Å². The predicted octanol–water partition coefficient (Wildman–Crippen LogP) is 3.34. The summed E-state index contributed by atoms with van der Waals surface area (Å²) in [6.07, 6.45) is 1.47. The zero-order valence-corrected chi connectivity index (χ0v) is 19.0. The van der Waals surface area contributed by atoms with Gasteiger partial charge in [-0.25, -0.2) is 4.98 Å². The van der Waals surface area contributed by atoms with E-state index in [0.717, 1.165) is 21.6 Å². The van der Waals surface area contributed by atoms with Gasteiger partial charge < -0.3 is 10.6 Å². The third-order valence-electron chi connectivity index (χ3n) is 5.42. The summed E-state index contributed by atoms with van der Waals surface area (Å²) in [7, 11) is 0. The number of carbonyl (C=O) groups excluding carboxylic acids is 2. The lowest BCUT2D eigenvalue weighted by molar-refractivity contribution is -0.133. The summed E-state index contributed by atoms with van der Waals surface area (Å²) in [5.41, 5.74) is 7.77. The molecule has 0 unspecified atom stereocenters. The standard InChI is InChI=1S/C25H24N4O3S/c1-17-22(19-10-6-3-7-11-19)23-24(33-17)27-16-29(25(23)32)15-21(31)28(13-12-20(26)30)14-18-8-4-2-5-9-18/h2-11,16H,12-15H2,1H3,(H2,26,30). The molecule has 0 spiro atoms. The van der Waals surface area contributed by atoms with E-state index >= 15 is 0 Å². The van der Waals surface area contributed by atoms with Crippen molar-refractivity contribution in [1.29, 1.82) is 0 Å². The van der Waals surface area contributed by atoms with Gasteiger partial charge in [-0.2, -0.15) is 0 Å². The van der Waals surface area contributed by atoms with Gasteiger partial charge in [0.1, 0.15) is 11.4 Å². The SMILES string of the molecule is Cc1sc2ncn(CC(=O)N(CCC(N)=O)Cc3ccccc3)c(=O)c2c1-c1ccccc1. The fourth-order valence-electron chi connectivity index (χ4n) is 3.79. The minimum absolute atomic E-state index is 0.0483. The number of nitrogens with two attached hydrogens (primary N) is 1. The number of rotatable bonds is 8. The molecule has 2 heterocycles. The van der Waals surface area contributed by atoms with Crippen LogP contribution < -0.4 is 11.3 Å². The Balaban J connectivity index is 1.66. The third-order valence-corrected chi connectivity index (χ3v) is 6.43. The van der Waals surface area contributed by atoms with Crippen LogP contribution >= 0.6 is 11.3 Å². The Morgan fingerprint density at radius 1 is 1.06 bits per heavy atom. The Morgan fingerprint density at radius 3 is 2.39 bits per heavy atom. The van der Waals surface area contributed by atoms with Crippen molar-refractivity contribution in [2.75, 3.05) is 6.54 Å². The highest BCUT2D eigenvalue weighted by Crippen LogP contribution is 2.35. The van der Waals surface area contributed by atoms with Crippen molar-refractivity contribution in [3.8, 4) is 11.1 Å². The second kappa shape index (κ2) is 9.79. The van der Waals surface area contributed by atoms with Gasteiger partial charge in [-0.15, -0.1) is 11.3 Å². The van der Waals surface area contributed by atoms with Crippen molar-refractivity contribution >= 4 is 33.4 Å². The fourth-order valence-corrected chi connectivity index (χ4v) is 4.79. The zero-order valence-electron chi connectivity index (χ0n) is 18.2. The molecular weight excluding hydrogens is 436 g/mol. The topological polar surface area (TPSA) is 98.3 Å². The molecule has 0 saturated carbocycles. The highest BCUT2D eigenvalue weighted by Gasteiger charge is 2.20. The highest BCUT2D eigenvalue weighted by molar-refractivity contribution is 7.19. The second-order valence-electron chi connectivity index (χ2n) is 7.77. The molecule has 0 aliphatic carbocycles. The van der Waals surface area contributed by atoms with E-state index in [-0.39, 0.29) is 31.0 Å². The van der Waals surface area contributed by atoms with Gasteiger partial charge >= 0.3 is 0 Å². The molecule has 0 aliphatic rings. The van der Waals surface area contributed by atoms with E-state index in [1.54, 1.807) is 4.90 Å². The monoisotopic (exact) mass is 460 g/mol. The van der Waals surface area contributed by atoms with Crippen LogP contribution in [0.1, 0.15) is 16.9 Å². The molecule has 33 heavy (non-hydrogen) atoms. The number of amides is 2. The molecule has 2 amide bonds. The quantitative estimate of drug-likeness (QED) is 0.436. The molecule has 2 N–H and O–H groups in total. The van der Waals surface area contributed by atoms with Gasteiger partial charge in [-0.05, 0) is 18.1 Å². The maximum atomic E-state index is 13.4. The summed E-state index contributed by atoms with van der Waals surface area (Å²) in [5, 5.41) is 0.519. The average molecular weight is 461 g/mol. The van der Waals surface area contributed by atoms with Gasteiger partial charge in [0.2, 0.25) is 11.8 Å². The first-order valence-corrected chi connectivity index (χ1v) is 11.4. The minimum atomic E-state index is -0.484. The maximum absolute atomic E-state index is 13.4. The molecule has 0 atom stereocenters. The molecule has 0 saturated heterocycles. The van der Waals surface area contributed by atoms with Crippen molar-refractivity contribution in [2.24, 2.45) is 5.73 Å². The predicted molar refractivity (Wildman–Crippen MR) is 130 cm³/mol. The van der Waals surface area contributed by atoms with Crippen LogP contribution in [0, 0.1) is 6.92 Å². The van der Waals surface area contributed by atoms with E-state index < -0.39 is 5.91 Å². The van der Waals surface area contributed by atoms with Crippen molar-refractivity contribution in [3.05, 3.63) is 87.8 Å². The van der Waals surface area contributed by atoms with E-state index in [9.17, 15) is 14.4 Å². The summed E-state index contributed by atoms with van der Waals surface area (Å²) < 4.78 is 1.34. The Bertz CT molecular complexity index is 1350. The number of hydrogen-bond donors (Lipinski definition) is 1. The van der Waals surface area contributed by atoms with Crippen molar-refractivity contribution in [2.45, 2.75) is 26.4 Å². The molecule has 0 bridgehead atoms. The molecule has 168 valence electrons. The summed E-state index contributed by atoms with van der Waals surface area (Å²) in [6, 6.07) is 19.2. The zero-order chi connectivity index (χ0) is 23.4. The summed E-state index contributed by atoms with van der Waals surface area (Å²) >= 11 is 1.46. The number of carbonyl (C=O) groups is 2. The highest BCUT2D eigenvalue weighted by atomic mass is 32.1. The number of nitrogens with zero attached hydrogens (tertiary/aromatic N) is 3. The van der Waals surface area contributed by atoms with Gasteiger partial charge in [0.05, 0.1) is 11.7 Å². The van der Waals surface area contributed by atoms with E-state index in [1.165, 1.54) is 22.2 Å². The Hall–Kier alpha value is -3.78. The molecule has 2 aromatic carbocycles. The first-order valence-electron chi connectivity index (χ1n) is 10.6. The van der Waals surface area contributed by atoms with E-state index in [0.29, 0.717) is 16.8 Å². The van der Waals surface area contributed by atoms with Crippen LogP contribution in [0.2, 0.25) is 0 Å². The lowest BCUT2D eigenvalue weighted by Gasteiger charge is -2.23. The van der Waals surface area contributed by atoms with Crippen molar-refractivity contribution in [1.82, 2.24) is 14.5 Å². The fraction of sp³-hybridized carbons (Fsp3) is 0.200. The van der Waals surface area contributed by atoms with Gasteiger partial charge in [-0.3, -0.25) is 19.0 Å². The van der Waals surface area contributed by atoms with E-state index in [2.05, 4.69) is 4.98 Å². The molecule has 8 heteroatoms. The van der Waals surface area contributed by atoms with Crippen LogP contribution in [-0.2, 0) is 22.7 Å². The summed E-state index contributed by atoms with van der Waals surface area (Å²) in [4.78, 5) is 45.6. The first-order chi connectivity index (χ1) is 15.9. The first kappa shape index (κ1) is 22.4. The van der Waals surface area contributed by atoms with E-state index in [1.807, 2.05) is 67.6 Å². The van der Waals surface area contributed by atoms with Crippen LogP contribution in [-0.4, -0.2) is 32.8 Å². The molecule has 0 radical (unpaired) electrons. The minimum Gasteiger partial charge on any atom is -0.370 e. The largest absolute Gasteiger partial charge is 0.370 e. The number of benzene rings is 2. The van der Waals surface area contributed by atoms with Crippen molar-refractivity contribution in [3.63, 3.8) is 0 Å². The van der Waals surface area contributed by atoms with Gasteiger partial charge in [0.15, 0.2) is 0 Å². The molecular formula is C25H24N4O3S. The molecule has 4 rings (SSSR count). The normalized spacial score (nSPS) is 10.9. The number of fused-ring (bicyclic) bond motifs is 1. The number of hydrogen-bond acceptors (Lipinski definition) is 5. The average Bonchev–Trinajstić information content (AvgIpc) is 3.16. The Morgan fingerprint density at radius 2 is 1.73 bits per heavy atom. The van der Waals surface area contributed by atoms with Crippen LogP contribution in [0.15, 0.2) is 71.8 Å². The molecule has 7 nitrogen and oxygen atoms in total. The number of aryl methyl sites for hydroxylation is 1. The molecule has 0 fully saturated rings. The number of thiophene rings is 1. The summed E-state index contributed by atoms with van der Waals surface area (Å²) in [5.74, 6) is -0.765. The van der Waals surface area contributed by atoms with E-state index in [4.69, 9.17) is 5.73 Å².